The maximum absolute atomic E-state index is 5.93. The molecular formula is C14H21NO. The van der Waals surface area contributed by atoms with E-state index in [4.69, 9.17) is 10.5 Å². The lowest BCUT2D eigenvalue weighted by atomic mass is 10.1. The van der Waals surface area contributed by atoms with Gasteiger partial charge in [0.25, 0.3) is 0 Å². The summed E-state index contributed by atoms with van der Waals surface area (Å²) in [5.41, 5.74) is 8.37. The predicted molar refractivity (Wildman–Crippen MR) is 68.6 cm³/mol. The Balaban J connectivity index is 2.54. The summed E-state index contributed by atoms with van der Waals surface area (Å²) in [6.45, 7) is 6.84. The van der Waals surface area contributed by atoms with E-state index < -0.39 is 0 Å². The lowest BCUT2D eigenvalue weighted by Gasteiger charge is -2.10. The van der Waals surface area contributed by atoms with Gasteiger partial charge < -0.3 is 10.5 Å². The predicted octanol–water partition coefficient (Wildman–Crippen LogP) is 3.44. The number of allylic oxidation sites excluding steroid dienone is 1. The lowest BCUT2D eigenvalue weighted by Crippen LogP contribution is -2.08. The molecule has 0 fully saturated rings. The highest BCUT2D eigenvalue weighted by Crippen LogP contribution is 2.18. The van der Waals surface area contributed by atoms with Crippen LogP contribution in [0.2, 0.25) is 0 Å². The van der Waals surface area contributed by atoms with Crippen LogP contribution < -0.4 is 10.5 Å². The van der Waals surface area contributed by atoms with E-state index in [-0.39, 0.29) is 6.04 Å². The topological polar surface area (TPSA) is 35.2 Å². The van der Waals surface area contributed by atoms with Gasteiger partial charge in [0.05, 0.1) is 0 Å². The third-order valence-electron chi connectivity index (χ3n) is 2.49. The minimum Gasteiger partial charge on any atom is -0.490 e. The van der Waals surface area contributed by atoms with Gasteiger partial charge in [0.15, 0.2) is 0 Å². The molecule has 0 amide bonds. The summed E-state index contributed by atoms with van der Waals surface area (Å²) >= 11 is 0. The number of hydrogen-bond acceptors (Lipinski definition) is 2. The van der Waals surface area contributed by atoms with Crippen LogP contribution in [-0.2, 0) is 0 Å². The van der Waals surface area contributed by atoms with E-state index in [9.17, 15) is 0 Å². The van der Waals surface area contributed by atoms with Crippen molar-refractivity contribution in [2.45, 2.75) is 33.2 Å². The van der Waals surface area contributed by atoms with Crippen LogP contribution >= 0.6 is 0 Å². The zero-order chi connectivity index (χ0) is 12.0. The van der Waals surface area contributed by atoms with E-state index in [0.717, 1.165) is 17.7 Å². The molecule has 0 saturated heterocycles. The minimum atomic E-state index is 0.131. The summed E-state index contributed by atoms with van der Waals surface area (Å²) in [6.07, 6.45) is 3.02. The molecule has 2 heteroatoms. The van der Waals surface area contributed by atoms with Crippen molar-refractivity contribution in [2.24, 2.45) is 5.73 Å². The van der Waals surface area contributed by atoms with Crippen molar-refractivity contribution in [1.29, 1.82) is 0 Å². The Morgan fingerprint density at radius 1 is 1.31 bits per heavy atom. The fourth-order valence-corrected chi connectivity index (χ4v) is 1.35. The van der Waals surface area contributed by atoms with E-state index in [1.54, 1.807) is 0 Å². The first-order valence-electron chi connectivity index (χ1n) is 5.75. The summed E-state index contributed by atoms with van der Waals surface area (Å²) in [4.78, 5) is 0. The highest BCUT2D eigenvalue weighted by molar-refractivity contribution is 5.29. The van der Waals surface area contributed by atoms with E-state index in [1.165, 1.54) is 5.57 Å². The normalized spacial score (nSPS) is 12.0. The highest BCUT2D eigenvalue weighted by Gasteiger charge is 2.02. The van der Waals surface area contributed by atoms with Crippen molar-refractivity contribution >= 4 is 0 Å². The highest BCUT2D eigenvalue weighted by atomic mass is 16.5. The number of benzene rings is 1. The van der Waals surface area contributed by atoms with Crippen molar-refractivity contribution in [3.8, 4) is 5.75 Å². The maximum atomic E-state index is 5.93. The van der Waals surface area contributed by atoms with Crippen LogP contribution in [0.3, 0.4) is 0 Å². The SMILES string of the molecule is CCC(N)c1ccc(OCC=C(C)C)cc1. The van der Waals surface area contributed by atoms with E-state index >= 15 is 0 Å². The fraction of sp³-hybridized carbons (Fsp3) is 0.429. The van der Waals surface area contributed by atoms with Gasteiger partial charge in [-0.15, -0.1) is 0 Å². The van der Waals surface area contributed by atoms with Gasteiger partial charge in [-0.2, -0.15) is 0 Å². The standard InChI is InChI=1S/C14H21NO/c1-4-14(15)12-5-7-13(8-6-12)16-10-9-11(2)3/h5-9,14H,4,10,15H2,1-3H3. The molecule has 0 aromatic heterocycles. The smallest absolute Gasteiger partial charge is 0.119 e. The van der Waals surface area contributed by atoms with Gasteiger partial charge in [-0.05, 0) is 44.0 Å². The van der Waals surface area contributed by atoms with E-state index in [1.807, 2.05) is 24.3 Å². The molecule has 0 saturated carbocycles. The first-order valence-corrected chi connectivity index (χ1v) is 5.75. The van der Waals surface area contributed by atoms with Gasteiger partial charge in [0, 0.05) is 6.04 Å². The van der Waals surface area contributed by atoms with Crippen molar-refractivity contribution in [3.05, 3.63) is 41.5 Å². The van der Waals surface area contributed by atoms with Crippen molar-refractivity contribution in [3.63, 3.8) is 0 Å². The molecule has 0 bridgehead atoms. The number of hydrogen-bond donors (Lipinski definition) is 1. The van der Waals surface area contributed by atoms with Crippen molar-refractivity contribution in [2.75, 3.05) is 6.61 Å². The van der Waals surface area contributed by atoms with Gasteiger partial charge in [-0.25, -0.2) is 0 Å². The molecule has 2 N–H and O–H groups in total. The Kier molecular flexibility index (Phi) is 5.06. The zero-order valence-electron chi connectivity index (χ0n) is 10.4. The number of rotatable bonds is 5. The molecule has 1 rings (SSSR count). The molecule has 0 aliphatic carbocycles. The molecule has 1 aromatic carbocycles. The molecule has 16 heavy (non-hydrogen) atoms. The Morgan fingerprint density at radius 2 is 1.94 bits per heavy atom. The first-order chi connectivity index (χ1) is 7.63. The Bertz CT molecular complexity index is 336. The van der Waals surface area contributed by atoms with Gasteiger partial charge in [0.2, 0.25) is 0 Å². The Morgan fingerprint density at radius 3 is 2.44 bits per heavy atom. The zero-order valence-corrected chi connectivity index (χ0v) is 10.4. The minimum absolute atomic E-state index is 0.131. The fourth-order valence-electron chi connectivity index (χ4n) is 1.35. The average molecular weight is 219 g/mol. The second-order valence-corrected chi connectivity index (χ2v) is 4.18. The molecule has 0 heterocycles. The van der Waals surface area contributed by atoms with Gasteiger partial charge >= 0.3 is 0 Å². The second-order valence-electron chi connectivity index (χ2n) is 4.18. The number of nitrogens with two attached hydrogens (primary N) is 1. The summed E-state index contributed by atoms with van der Waals surface area (Å²) in [5, 5.41) is 0. The summed E-state index contributed by atoms with van der Waals surface area (Å²) < 4.78 is 5.57. The van der Waals surface area contributed by atoms with Gasteiger partial charge in [-0.1, -0.05) is 24.6 Å². The quantitative estimate of drug-likeness (QED) is 0.770. The van der Waals surface area contributed by atoms with Crippen LogP contribution in [-0.4, -0.2) is 6.61 Å². The van der Waals surface area contributed by atoms with Crippen LogP contribution in [0.5, 0.6) is 5.75 Å². The molecule has 2 nitrogen and oxygen atoms in total. The molecule has 0 aliphatic heterocycles. The van der Waals surface area contributed by atoms with Crippen molar-refractivity contribution < 1.29 is 4.74 Å². The summed E-state index contributed by atoms with van der Waals surface area (Å²) in [6, 6.07) is 8.15. The molecule has 0 aliphatic rings. The van der Waals surface area contributed by atoms with Crippen LogP contribution in [0.25, 0.3) is 0 Å². The lowest BCUT2D eigenvalue weighted by molar-refractivity contribution is 0.362. The van der Waals surface area contributed by atoms with E-state index in [0.29, 0.717) is 6.61 Å². The van der Waals surface area contributed by atoms with Crippen LogP contribution in [0, 0.1) is 0 Å². The molecule has 0 spiro atoms. The van der Waals surface area contributed by atoms with Crippen LogP contribution in [0.15, 0.2) is 35.9 Å². The summed E-state index contributed by atoms with van der Waals surface area (Å²) in [5.74, 6) is 0.893. The summed E-state index contributed by atoms with van der Waals surface area (Å²) in [7, 11) is 0. The molecule has 1 aromatic rings. The second kappa shape index (κ2) is 6.33. The molecule has 88 valence electrons. The van der Waals surface area contributed by atoms with Crippen LogP contribution in [0.4, 0.5) is 0 Å². The first kappa shape index (κ1) is 12.8. The third-order valence-corrected chi connectivity index (χ3v) is 2.49. The Hall–Kier alpha value is -1.28. The van der Waals surface area contributed by atoms with Gasteiger partial charge in [-0.3, -0.25) is 0 Å². The molecule has 0 radical (unpaired) electrons. The number of ether oxygens (including phenoxy) is 1. The van der Waals surface area contributed by atoms with Crippen molar-refractivity contribution in [1.82, 2.24) is 0 Å². The average Bonchev–Trinajstić information content (AvgIpc) is 2.28. The molecule has 1 unspecified atom stereocenters. The third kappa shape index (κ3) is 4.07. The maximum Gasteiger partial charge on any atom is 0.119 e. The molecular weight excluding hydrogens is 198 g/mol. The van der Waals surface area contributed by atoms with Crippen LogP contribution in [0.1, 0.15) is 38.8 Å². The Labute approximate surface area is 98.1 Å². The van der Waals surface area contributed by atoms with Gasteiger partial charge in [0.1, 0.15) is 12.4 Å². The largest absolute Gasteiger partial charge is 0.490 e. The van der Waals surface area contributed by atoms with E-state index in [2.05, 4.69) is 26.8 Å². The molecule has 1 atom stereocenters. The monoisotopic (exact) mass is 219 g/mol.